The summed E-state index contributed by atoms with van der Waals surface area (Å²) in [5.74, 6) is -1.53. The molecule has 150 valence electrons. The van der Waals surface area contributed by atoms with Crippen molar-refractivity contribution in [2.75, 3.05) is 32.2 Å². The number of nitrogens with zero attached hydrogens (tertiary/aromatic N) is 2. The van der Waals surface area contributed by atoms with Crippen molar-refractivity contribution in [3.05, 3.63) is 29.1 Å². The predicted molar refractivity (Wildman–Crippen MR) is 96.0 cm³/mol. The van der Waals surface area contributed by atoms with Gasteiger partial charge in [0.05, 0.1) is 6.54 Å². The topological polar surface area (TPSA) is 88.2 Å². The molecule has 1 unspecified atom stereocenters. The Morgan fingerprint density at radius 3 is 2.54 bits per heavy atom. The highest BCUT2D eigenvalue weighted by Gasteiger charge is 2.41. The zero-order chi connectivity index (χ0) is 20.0. The maximum absolute atomic E-state index is 14.7. The van der Waals surface area contributed by atoms with Crippen LogP contribution in [-0.2, 0) is 25.6 Å². The van der Waals surface area contributed by atoms with Crippen LogP contribution in [0.1, 0.15) is 28.8 Å². The molecule has 3 heterocycles. The number of fused-ring (bicyclic) bond motifs is 1. The summed E-state index contributed by atoms with van der Waals surface area (Å²) in [5.41, 5.74) is 1.19. The van der Waals surface area contributed by atoms with Gasteiger partial charge in [-0.1, -0.05) is 0 Å². The number of nitrogens with one attached hydrogen (secondary N) is 1. The molecule has 1 N–H and O–H groups in total. The van der Waals surface area contributed by atoms with Gasteiger partial charge in [0.1, 0.15) is 11.9 Å². The zero-order valence-corrected chi connectivity index (χ0v) is 15.7. The number of benzene rings is 1. The van der Waals surface area contributed by atoms with E-state index in [1.54, 1.807) is 20.3 Å². The summed E-state index contributed by atoms with van der Waals surface area (Å²) >= 11 is 0. The van der Waals surface area contributed by atoms with Gasteiger partial charge in [0.15, 0.2) is 6.29 Å². The lowest BCUT2D eigenvalue weighted by Crippen LogP contribution is -2.53. The molecule has 4 rings (SSSR count). The van der Waals surface area contributed by atoms with Crippen LogP contribution in [0.4, 0.5) is 10.1 Å². The first kappa shape index (κ1) is 18.8. The molecule has 1 aromatic rings. The molecule has 0 aliphatic carbocycles. The van der Waals surface area contributed by atoms with E-state index in [9.17, 15) is 18.8 Å². The Morgan fingerprint density at radius 2 is 1.89 bits per heavy atom. The SMILES string of the molecule is COC(OC)C1CN(c2cc(F)c3c(c2)C(=O)N(C2CCC(=O)NC2=O)C3)C1. The largest absolute Gasteiger partial charge is 0.370 e. The summed E-state index contributed by atoms with van der Waals surface area (Å²) in [6, 6.07) is 2.35. The number of amides is 3. The average molecular weight is 391 g/mol. The molecule has 8 nitrogen and oxygen atoms in total. The summed E-state index contributed by atoms with van der Waals surface area (Å²) in [6.45, 7) is 1.30. The number of carbonyl (C=O) groups is 3. The Labute approximate surface area is 161 Å². The van der Waals surface area contributed by atoms with E-state index < -0.39 is 17.8 Å². The fourth-order valence-electron chi connectivity index (χ4n) is 4.16. The summed E-state index contributed by atoms with van der Waals surface area (Å²) in [4.78, 5) is 39.6. The van der Waals surface area contributed by atoms with Gasteiger partial charge in [-0.2, -0.15) is 0 Å². The molecule has 0 saturated carbocycles. The van der Waals surface area contributed by atoms with Gasteiger partial charge in [0, 0.05) is 56.5 Å². The van der Waals surface area contributed by atoms with Crippen LogP contribution >= 0.6 is 0 Å². The van der Waals surface area contributed by atoms with Crippen LogP contribution in [-0.4, -0.2) is 62.3 Å². The monoisotopic (exact) mass is 391 g/mol. The Bertz CT molecular complexity index is 835. The fourth-order valence-corrected chi connectivity index (χ4v) is 4.16. The third-order valence-electron chi connectivity index (χ3n) is 5.71. The number of rotatable bonds is 5. The molecule has 0 aromatic heterocycles. The van der Waals surface area contributed by atoms with Crippen molar-refractivity contribution in [1.82, 2.24) is 10.2 Å². The molecule has 2 saturated heterocycles. The molecule has 0 bridgehead atoms. The molecule has 2 fully saturated rings. The molecule has 1 atom stereocenters. The van der Waals surface area contributed by atoms with E-state index in [1.165, 1.54) is 11.0 Å². The van der Waals surface area contributed by atoms with Crippen molar-refractivity contribution < 1.29 is 28.2 Å². The third-order valence-corrected chi connectivity index (χ3v) is 5.71. The first-order valence-corrected chi connectivity index (χ1v) is 9.20. The number of ether oxygens (including phenoxy) is 2. The fraction of sp³-hybridized carbons (Fsp3) is 0.526. The smallest absolute Gasteiger partial charge is 0.255 e. The summed E-state index contributed by atoms with van der Waals surface area (Å²) in [5, 5.41) is 2.25. The lowest BCUT2D eigenvalue weighted by atomic mass is 9.97. The Morgan fingerprint density at radius 1 is 1.18 bits per heavy atom. The van der Waals surface area contributed by atoms with Crippen molar-refractivity contribution in [2.45, 2.75) is 31.7 Å². The molecule has 0 radical (unpaired) electrons. The number of halogens is 1. The van der Waals surface area contributed by atoms with E-state index in [-0.39, 0.29) is 49.0 Å². The lowest BCUT2D eigenvalue weighted by Gasteiger charge is -2.43. The standard InChI is InChI=1S/C19H22FN3O5/c1-27-19(28-2)10-7-22(8-10)11-5-12-13(14(20)6-11)9-23(18(12)26)15-3-4-16(24)21-17(15)25/h5-6,10,15,19H,3-4,7-9H2,1-2H3,(H,21,24,25). The number of imide groups is 1. The van der Waals surface area contributed by atoms with E-state index >= 15 is 0 Å². The molecular formula is C19H22FN3O5. The first-order valence-electron chi connectivity index (χ1n) is 9.20. The quantitative estimate of drug-likeness (QED) is 0.586. The number of hydrogen-bond acceptors (Lipinski definition) is 6. The van der Waals surface area contributed by atoms with Crippen LogP contribution in [0.2, 0.25) is 0 Å². The summed E-state index contributed by atoms with van der Waals surface area (Å²) in [6.07, 6.45) is 0.0991. The van der Waals surface area contributed by atoms with Crippen LogP contribution in [0.5, 0.6) is 0 Å². The van der Waals surface area contributed by atoms with Gasteiger partial charge in [0.25, 0.3) is 5.91 Å². The minimum absolute atomic E-state index is 0.0323. The van der Waals surface area contributed by atoms with Crippen molar-refractivity contribution in [3.8, 4) is 0 Å². The second-order valence-electron chi connectivity index (χ2n) is 7.36. The van der Waals surface area contributed by atoms with E-state index in [4.69, 9.17) is 9.47 Å². The summed E-state index contributed by atoms with van der Waals surface area (Å²) < 4.78 is 25.2. The second kappa shape index (κ2) is 7.14. The maximum atomic E-state index is 14.7. The number of piperidine rings is 1. The average Bonchev–Trinajstić information content (AvgIpc) is 2.95. The van der Waals surface area contributed by atoms with Gasteiger partial charge in [-0.15, -0.1) is 0 Å². The molecule has 3 aliphatic rings. The minimum Gasteiger partial charge on any atom is -0.370 e. The normalized spacial score (nSPS) is 22.6. The molecule has 3 amide bonds. The highest BCUT2D eigenvalue weighted by molar-refractivity contribution is 6.05. The van der Waals surface area contributed by atoms with Crippen LogP contribution < -0.4 is 10.2 Å². The minimum atomic E-state index is -0.752. The lowest BCUT2D eigenvalue weighted by molar-refractivity contribution is -0.142. The van der Waals surface area contributed by atoms with Gasteiger partial charge in [-0.05, 0) is 18.6 Å². The number of hydrogen-bond donors (Lipinski definition) is 1. The van der Waals surface area contributed by atoms with E-state index in [1.807, 2.05) is 4.90 Å². The Balaban J connectivity index is 1.52. The van der Waals surface area contributed by atoms with Crippen LogP contribution in [0, 0.1) is 11.7 Å². The van der Waals surface area contributed by atoms with Gasteiger partial charge >= 0.3 is 0 Å². The molecule has 0 spiro atoms. The maximum Gasteiger partial charge on any atom is 0.255 e. The molecule has 1 aromatic carbocycles. The first-order chi connectivity index (χ1) is 13.4. The van der Waals surface area contributed by atoms with Crippen molar-refractivity contribution in [2.24, 2.45) is 5.92 Å². The van der Waals surface area contributed by atoms with Crippen molar-refractivity contribution in [3.63, 3.8) is 0 Å². The van der Waals surface area contributed by atoms with E-state index in [0.717, 1.165) is 0 Å². The highest BCUT2D eigenvalue weighted by Crippen LogP contribution is 2.35. The van der Waals surface area contributed by atoms with Gasteiger partial charge in [-0.3, -0.25) is 19.7 Å². The molecular weight excluding hydrogens is 369 g/mol. The van der Waals surface area contributed by atoms with E-state index in [2.05, 4.69) is 5.32 Å². The second-order valence-corrected chi connectivity index (χ2v) is 7.36. The van der Waals surface area contributed by atoms with Crippen molar-refractivity contribution >= 4 is 23.4 Å². The Kier molecular flexibility index (Phi) is 4.80. The van der Waals surface area contributed by atoms with E-state index in [0.29, 0.717) is 24.3 Å². The van der Waals surface area contributed by atoms with Crippen molar-refractivity contribution in [1.29, 1.82) is 0 Å². The van der Waals surface area contributed by atoms with Gasteiger partial charge in [-0.25, -0.2) is 4.39 Å². The predicted octanol–water partition coefficient (Wildman–Crippen LogP) is 0.642. The zero-order valence-electron chi connectivity index (χ0n) is 15.7. The summed E-state index contributed by atoms with van der Waals surface area (Å²) in [7, 11) is 3.16. The molecule has 9 heteroatoms. The third kappa shape index (κ3) is 3.04. The number of anilines is 1. The molecule has 28 heavy (non-hydrogen) atoms. The van der Waals surface area contributed by atoms with Crippen LogP contribution in [0.15, 0.2) is 12.1 Å². The number of carbonyl (C=O) groups excluding carboxylic acids is 3. The van der Waals surface area contributed by atoms with Crippen LogP contribution in [0.3, 0.4) is 0 Å². The van der Waals surface area contributed by atoms with Crippen LogP contribution in [0.25, 0.3) is 0 Å². The Hall–Kier alpha value is -2.52. The highest BCUT2D eigenvalue weighted by atomic mass is 19.1. The molecule has 3 aliphatic heterocycles. The number of methoxy groups -OCH3 is 2. The van der Waals surface area contributed by atoms with Gasteiger partial charge < -0.3 is 19.3 Å². The van der Waals surface area contributed by atoms with Gasteiger partial charge in [0.2, 0.25) is 11.8 Å².